The lowest BCUT2D eigenvalue weighted by Gasteiger charge is -2.19. The molecule has 0 heterocycles. The summed E-state index contributed by atoms with van der Waals surface area (Å²) in [5.41, 5.74) is 12.5. The summed E-state index contributed by atoms with van der Waals surface area (Å²) in [6, 6.07) is 101. The van der Waals surface area contributed by atoms with E-state index >= 15 is 0 Å². The summed E-state index contributed by atoms with van der Waals surface area (Å²) in [6.45, 7) is 14.1. The van der Waals surface area contributed by atoms with Gasteiger partial charge in [0.15, 0.2) is 27.2 Å². The van der Waals surface area contributed by atoms with Gasteiger partial charge < -0.3 is 18.9 Å². The maximum Gasteiger partial charge on any atom is 0.358 e. The summed E-state index contributed by atoms with van der Waals surface area (Å²) in [6.07, 6.45) is 0. The first-order valence-electron chi connectivity index (χ1n) is 33.3. The molecule has 0 saturated heterocycles. The highest BCUT2D eigenvalue weighted by Crippen LogP contribution is 2.34. The average Bonchev–Trinajstić information content (AvgIpc) is 0.827. The van der Waals surface area contributed by atoms with Gasteiger partial charge in [0.1, 0.15) is 41.3 Å². The van der Waals surface area contributed by atoms with Crippen molar-refractivity contribution in [3.63, 3.8) is 0 Å². The Morgan fingerprint density at radius 3 is 1.06 bits per heavy atom. The third-order valence-electron chi connectivity index (χ3n) is 16.1. The van der Waals surface area contributed by atoms with Crippen molar-refractivity contribution in [3.8, 4) is 17.2 Å². The molecule has 0 spiro atoms. The topological polar surface area (TPSA) is 54.0 Å². The van der Waals surface area contributed by atoms with Gasteiger partial charge in [-0.05, 0) is 225 Å². The largest absolute Gasteiger partial charge is 0.497 e. The van der Waals surface area contributed by atoms with Crippen molar-refractivity contribution < 1.29 is 101 Å². The molecule has 11 heteroatoms. The van der Waals surface area contributed by atoms with E-state index < -0.39 is 0 Å². The van der Waals surface area contributed by atoms with Crippen LogP contribution in [0.1, 0.15) is 91.7 Å². The second-order valence-electron chi connectivity index (χ2n) is 23.5. The highest BCUT2D eigenvalue weighted by molar-refractivity contribution is 5.93. The zero-order valence-corrected chi connectivity index (χ0v) is 64.5. The summed E-state index contributed by atoms with van der Waals surface area (Å²) >= 11 is -0.479. The Hall–Kier alpha value is -8.87. The highest BCUT2D eigenvalue weighted by Gasteiger charge is 2.25. The number of ketones is 1. The van der Waals surface area contributed by atoms with Crippen LogP contribution < -0.4 is 77.8 Å². The number of ether oxygens (including phenoxy) is 4. The van der Waals surface area contributed by atoms with Gasteiger partial charge in [-0.15, -0.1) is 0 Å². The second kappa shape index (κ2) is 39.9. The van der Waals surface area contributed by atoms with Crippen LogP contribution >= 0.6 is 0 Å². The van der Waals surface area contributed by atoms with Crippen LogP contribution in [-0.2, 0) is 4.74 Å². The number of fused-ring (bicyclic) bond motifs is 1. The van der Waals surface area contributed by atoms with Crippen LogP contribution in [0.25, 0.3) is 10.8 Å². The van der Waals surface area contributed by atoms with Gasteiger partial charge in [-0.25, -0.2) is 13.2 Å². The van der Waals surface area contributed by atoms with Gasteiger partial charge in [0, 0.05) is 46.3 Å². The van der Waals surface area contributed by atoms with Crippen LogP contribution in [-0.4, -0.2) is 39.8 Å². The third-order valence-corrected chi connectivity index (χ3v) is 25.9. The normalized spacial score (nSPS) is 10.6. The molecular weight excluding hydrogens is 1600 g/mol. The lowest BCUT2D eigenvalue weighted by molar-refractivity contribution is -0.599. The van der Waals surface area contributed by atoms with E-state index in [0.717, 1.165) is 46.1 Å². The van der Waals surface area contributed by atoms with Crippen LogP contribution in [0.15, 0.2) is 309 Å². The fourth-order valence-electron chi connectivity index (χ4n) is 11.1. The molecule has 13 rings (SSSR count). The number of hydrogen-bond acceptors (Lipinski definition) is 5. The second-order valence-corrected chi connectivity index (χ2v) is 32.3. The molecule has 0 bridgehead atoms. The van der Waals surface area contributed by atoms with Crippen LogP contribution in [0.4, 0.5) is 13.2 Å². The van der Waals surface area contributed by atoms with Gasteiger partial charge in [0.05, 0.1) is 20.8 Å². The summed E-state index contributed by atoms with van der Waals surface area (Å²) in [5.74, 6) is 2.02. The van der Waals surface area contributed by atoms with Crippen molar-refractivity contribution in [1.29, 1.82) is 0 Å². The SMILES string of the molecule is CCOCCOc1ccc([I+]c2c(C)cc(OC)cc2C)cc1.COc1cc(C)c([I+]c2ccc(C(C)=O)cc2)c(C)c1.Fc1ccc(C(c2ccc(F)cc2)c2ccc(F)cc2)cc1.c1ccc(C(c2ccccc2)c2ccccc2)cc1.c1ccc([I+]c2ccc3ccccc3c2)cc1. The first-order valence-corrected chi connectivity index (χ1v) is 39.7. The molecule has 0 aliphatic carbocycles. The Bertz CT molecular complexity index is 4400. The van der Waals surface area contributed by atoms with Crippen molar-refractivity contribution >= 4 is 16.6 Å². The van der Waals surface area contributed by atoms with E-state index in [-0.39, 0.29) is 92.8 Å². The van der Waals surface area contributed by atoms with Crippen molar-refractivity contribution in [3.05, 3.63) is 409 Å². The summed E-state index contributed by atoms with van der Waals surface area (Å²) < 4.78 is 69.6. The van der Waals surface area contributed by atoms with Crippen LogP contribution in [0.5, 0.6) is 17.2 Å². The molecule has 0 radical (unpaired) electrons. The summed E-state index contributed by atoms with van der Waals surface area (Å²) in [5, 5.41) is 2.67. The maximum absolute atomic E-state index is 13.2. The van der Waals surface area contributed by atoms with Crippen LogP contribution in [0.2, 0.25) is 0 Å². The maximum atomic E-state index is 13.2. The number of Topliss-reactive ketones (excluding diaryl/α,β-unsaturated/α-hetero) is 1. The first kappa shape index (κ1) is 76.3. The van der Waals surface area contributed by atoms with Gasteiger partial charge in [-0.2, -0.15) is 0 Å². The van der Waals surface area contributed by atoms with Crippen molar-refractivity contribution in [2.24, 2.45) is 0 Å². The molecule has 0 amide bonds. The Balaban J connectivity index is 0.000000147. The zero-order chi connectivity index (χ0) is 71.3. The molecule has 512 valence electrons. The van der Waals surface area contributed by atoms with E-state index in [0.29, 0.717) is 19.1 Å². The molecule has 0 aliphatic rings. The molecule has 0 atom stereocenters. The molecule has 0 aromatic heterocycles. The summed E-state index contributed by atoms with van der Waals surface area (Å²) in [4.78, 5) is 11.3. The van der Waals surface area contributed by atoms with Crippen LogP contribution in [0, 0.1) is 66.6 Å². The minimum atomic E-state index is -0.319. The number of benzene rings is 13. The monoisotopic (exact) mass is 1680 g/mol. The van der Waals surface area contributed by atoms with Crippen molar-refractivity contribution in [2.45, 2.75) is 53.4 Å². The number of halogens is 6. The fourth-order valence-corrected chi connectivity index (χ4v) is 18.5. The van der Waals surface area contributed by atoms with Gasteiger partial charge in [0.25, 0.3) is 0 Å². The van der Waals surface area contributed by atoms with E-state index in [1.54, 1.807) is 57.5 Å². The van der Waals surface area contributed by atoms with Crippen molar-refractivity contribution in [1.82, 2.24) is 0 Å². The Labute approximate surface area is 625 Å². The Kier molecular flexibility index (Phi) is 30.2. The highest BCUT2D eigenvalue weighted by atomic mass is 127. The van der Waals surface area contributed by atoms with E-state index in [2.05, 4.69) is 252 Å². The van der Waals surface area contributed by atoms with E-state index in [1.165, 1.54) is 108 Å². The molecule has 0 saturated carbocycles. The first-order chi connectivity index (χ1) is 49.1. The fraction of sp³-hybridized carbons (Fsp3) is 0.144. The van der Waals surface area contributed by atoms with E-state index in [1.807, 2.05) is 19.1 Å². The van der Waals surface area contributed by atoms with Gasteiger partial charge in [-0.1, -0.05) is 170 Å². The Morgan fingerprint density at radius 1 is 0.347 bits per heavy atom. The number of aryl methyl sites for hydroxylation is 4. The van der Waals surface area contributed by atoms with Crippen molar-refractivity contribution in [2.75, 3.05) is 34.0 Å². The third kappa shape index (κ3) is 23.6. The molecule has 13 aromatic carbocycles. The average molecular weight is 1680 g/mol. The van der Waals surface area contributed by atoms with Crippen LogP contribution in [0.3, 0.4) is 0 Å². The number of carbonyl (C=O) groups excluding carboxylic acids is 1. The molecule has 0 N–H and O–H groups in total. The van der Waals surface area contributed by atoms with E-state index in [4.69, 9.17) is 18.9 Å². The lowest BCUT2D eigenvalue weighted by atomic mass is 9.85. The lowest BCUT2D eigenvalue weighted by Crippen LogP contribution is -3.62. The van der Waals surface area contributed by atoms with E-state index in [9.17, 15) is 18.0 Å². The Morgan fingerprint density at radius 2 is 0.683 bits per heavy atom. The molecular formula is C90H83F3I3O5+3. The molecule has 0 fully saturated rings. The molecule has 13 aromatic rings. The molecule has 5 nitrogen and oxygen atoms in total. The zero-order valence-electron chi connectivity index (χ0n) is 58.0. The molecule has 0 unspecified atom stereocenters. The summed E-state index contributed by atoms with van der Waals surface area (Å²) in [7, 11) is 3.41. The van der Waals surface area contributed by atoms with Gasteiger partial charge in [0.2, 0.25) is 0 Å². The quantitative estimate of drug-likeness (QED) is 0.0329. The molecule has 101 heavy (non-hydrogen) atoms. The minimum absolute atomic E-state index is 0.0462. The number of carbonyl (C=O) groups is 1. The predicted molar refractivity (Wildman–Crippen MR) is 393 cm³/mol. The predicted octanol–water partition coefficient (Wildman–Crippen LogP) is 12.6. The molecule has 0 aliphatic heterocycles. The smallest absolute Gasteiger partial charge is 0.358 e. The van der Waals surface area contributed by atoms with Gasteiger partial charge in [-0.3, -0.25) is 4.79 Å². The standard InChI is InChI=1S/C19H13F3.C19H24IO3.C19H16.C17H18IO2.C16H12I/c20-16-7-1-13(2-8-16)19(14-3-9-17(21)10-4-14)15-5-11-18(22)12-6-15;1-5-22-10-11-23-17-8-6-16(7-9-17)20-19-14(2)12-18(21-4)13-15(19)3;1-4-10-16(11-5-1)19(17-12-6-2-7-13-17)18-14-8-3-9-15-18;1-11-9-16(20-4)10-12(2)17(11)18-15-7-5-14(6-8-15)13(3)19;1-2-8-15(9-3-1)17-16-11-10-13-6-4-5-7-14(13)12-16/h1-12,19H;6-9,12-13H,5,10-11H2,1-4H3;1-15,19H;5-10H,1-4H3;1-12H/q;+1;;2*+1. The number of rotatable bonds is 20. The minimum Gasteiger partial charge on any atom is -0.497 e. The number of methoxy groups -OCH3 is 2. The number of hydrogen-bond donors (Lipinski definition) is 0. The van der Waals surface area contributed by atoms with Gasteiger partial charge >= 0.3 is 63.6 Å².